The summed E-state index contributed by atoms with van der Waals surface area (Å²) in [6.45, 7) is 2.06. The van der Waals surface area contributed by atoms with Gasteiger partial charge in [0.1, 0.15) is 5.75 Å². The maximum absolute atomic E-state index is 6.09. The molecule has 2 heteroatoms. The molecule has 0 saturated heterocycles. The Morgan fingerprint density at radius 2 is 2.29 bits per heavy atom. The summed E-state index contributed by atoms with van der Waals surface area (Å²) >= 11 is 6.09. The fourth-order valence-electron chi connectivity index (χ4n) is 1.32. The predicted molar refractivity (Wildman–Crippen MR) is 59.9 cm³/mol. The van der Waals surface area contributed by atoms with E-state index in [1.54, 1.807) is 7.11 Å². The second kappa shape index (κ2) is 4.93. The first kappa shape index (κ1) is 10.9. The molecule has 1 nitrogen and oxygen atoms in total. The van der Waals surface area contributed by atoms with Crippen LogP contribution in [0.1, 0.15) is 24.8 Å². The molecule has 1 atom stereocenters. The van der Waals surface area contributed by atoms with Crippen LogP contribution < -0.4 is 4.74 Å². The van der Waals surface area contributed by atoms with Gasteiger partial charge in [0.25, 0.3) is 0 Å². The molecule has 0 amide bonds. The molecule has 1 rings (SSSR count). The number of hydrogen-bond donors (Lipinski definition) is 0. The highest BCUT2D eigenvalue weighted by molar-refractivity contribution is 6.31. The molecular formula is C12H13ClO. The van der Waals surface area contributed by atoms with E-state index >= 15 is 0 Å². The molecule has 0 aliphatic rings. The molecule has 0 heterocycles. The van der Waals surface area contributed by atoms with E-state index in [1.165, 1.54) is 0 Å². The molecule has 0 aromatic heterocycles. The van der Waals surface area contributed by atoms with Crippen molar-refractivity contribution in [1.82, 2.24) is 0 Å². The minimum Gasteiger partial charge on any atom is -0.497 e. The van der Waals surface area contributed by atoms with Crippen molar-refractivity contribution in [1.29, 1.82) is 0 Å². The Bertz CT molecular complexity index is 352. The standard InChI is InChI=1S/C12H13ClO/c1-4-5-9(2)11-7-6-10(14-3)8-12(11)13/h1,6-9H,5H2,2-3H3. The molecule has 0 saturated carbocycles. The van der Waals surface area contributed by atoms with Gasteiger partial charge in [0, 0.05) is 11.4 Å². The van der Waals surface area contributed by atoms with Crippen molar-refractivity contribution in [3.63, 3.8) is 0 Å². The van der Waals surface area contributed by atoms with E-state index in [0.29, 0.717) is 17.4 Å². The Morgan fingerprint density at radius 3 is 2.79 bits per heavy atom. The Labute approximate surface area is 90.0 Å². The quantitative estimate of drug-likeness (QED) is 0.692. The lowest BCUT2D eigenvalue weighted by Crippen LogP contribution is -1.94. The molecule has 1 aromatic rings. The van der Waals surface area contributed by atoms with Gasteiger partial charge < -0.3 is 4.74 Å². The van der Waals surface area contributed by atoms with Crippen molar-refractivity contribution >= 4 is 11.6 Å². The molecule has 0 fully saturated rings. The second-order valence-corrected chi connectivity index (χ2v) is 3.60. The van der Waals surface area contributed by atoms with Crippen LogP contribution in [0.4, 0.5) is 0 Å². The summed E-state index contributed by atoms with van der Waals surface area (Å²) in [5.41, 5.74) is 1.07. The van der Waals surface area contributed by atoms with Crippen LogP contribution in [0.15, 0.2) is 18.2 Å². The zero-order chi connectivity index (χ0) is 10.6. The van der Waals surface area contributed by atoms with Gasteiger partial charge >= 0.3 is 0 Å². The first-order chi connectivity index (χ1) is 6.69. The Kier molecular flexibility index (Phi) is 3.85. The number of methoxy groups -OCH3 is 1. The summed E-state index contributed by atoms with van der Waals surface area (Å²) in [6, 6.07) is 5.67. The van der Waals surface area contributed by atoms with Gasteiger partial charge in [0.15, 0.2) is 0 Å². The molecular weight excluding hydrogens is 196 g/mol. The number of halogens is 1. The van der Waals surface area contributed by atoms with Gasteiger partial charge in [-0.1, -0.05) is 24.6 Å². The van der Waals surface area contributed by atoms with Crippen LogP contribution in [-0.2, 0) is 0 Å². The van der Waals surface area contributed by atoms with Crippen molar-refractivity contribution < 1.29 is 4.74 Å². The average Bonchev–Trinajstić information content (AvgIpc) is 2.17. The van der Waals surface area contributed by atoms with Gasteiger partial charge in [0.05, 0.1) is 7.11 Å². The Balaban J connectivity index is 2.94. The van der Waals surface area contributed by atoms with Gasteiger partial charge in [-0.25, -0.2) is 0 Å². The lowest BCUT2D eigenvalue weighted by Gasteiger charge is -2.11. The van der Waals surface area contributed by atoms with E-state index in [4.69, 9.17) is 22.8 Å². The van der Waals surface area contributed by atoms with Crippen LogP contribution in [0, 0.1) is 12.3 Å². The summed E-state index contributed by atoms with van der Waals surface area (Å²) in [7, 11) is 1.62. The fourth-order valence-corrected chi connectivity index (χ4v) is 1.68. The third-order valence-corrected chi connectivity index (χ3v) is 2.49. The highest BCUT2D eigenvalue weighted by Gasteiger charge is 2.09. The zero-order valence-electron chi connectivity index (χ0n) is 8.38. The largest absolute Gasteiger partial charge is 0.497 e. The van der Waals surface area contributed by atoms with Crippen molar-refractivity contribution in [2.24, 2.45) is 0 Å². The van der Waals surface area contributed by atoms with Crippen molar-refractivity contribution in [3.05, 3.63) is 28.8 Å². The molecule has 1 unspecified atom stereocenters. The van der Waals surface area contributed by atoms with Gasteiger partial charge in [-0.3, -0.25) is 0 Å². The molecule has 14 heavy (non-hydrogen) atoms. The van der Waals surface area contributed by atoms with Gasteiger partial charge in [0.2, 0.25) is 0 Å². The summed E-state index contributed by atoms with van der Waals surface area (Å²) in [5, 5.41) is 0.715. The third kappa shape index (κ3) is 2.43. The van der Waals surface area contributed by atoms with E-state index in [1.807, 2.05) is 18.2 Å². The first-order valence-corrected chi connectivity index (χ1v) is 4.83. The minimum absolute atomic E-state index is 0.290. The summed E-state index contributed by atoms with van der Waals surface area (Å²) < 4.78 is 5.06. The molecule has 0 bridgehead atoms. The summed E-state index contributed by atoms with van der Waals surface area (Å²) in [6.07, 6.45) is 5.96. The van der Waals surface area contributed by atoms with Crippen LogP contribution in [0.5, 0.6) is 5.75 Å². The molecule has 0 radical (unpaired) electrons. The monoisotopic (exact) mass is 208 g/mol. The number of hydrogen-bond acceptors (Lipinski definition) is 1. The Hall–Kier alpha value is -1.13. The number of benzene rings is 1. The molecule has 1 aromatic carbocycles. The highest BCUT2D eigenvalue weighted by atomic mass is 35.5. The normalized spacial score (nSPS) is 11.9. The molecule has 0 N–H and O–H groups in total. The van der Waals surface area contributed by atoms with E-state index in [2.05, 4.69) is 12.8 Å². The highest BCUT2D eigenvalue weighted by Crippen LogP contribution is 2.29. The van der Waals surface area contributed by atoms with Crippen LogP contribution in [-0.4, -0.2) is 7.11 Å². The van der Waals surface area contributed by atoms with Crippen molar-refractivity contribution in [2.45, 2.75) is 19.3 Å². The molecule has 0 aliphatic carbocycles. The lowest BCUT2D eigenvalue weighted by atomic mass is 9.98. The van der Waals surface area contributed by atoms with Crippen LogP contribution in [0.2, 0.25) is 5.02 Å². The SMILES string of the molecule is C#CCC(C)c1ccc(OC)cc1Cl. The number of ether oxygens (including phenoxy) is 1. The number of rotatable bonds is 3. The topological polar surface area (TPSA) is 9.23 Å². The molecule has 0 aliphatic heterocycles. The lowest BCUT2D eigenvalue weighted by molar-refractivity contribution is 0.414. The second-order valence-electron chi connectivity index (χ2n) is 3.20. The van der Waals surface area contributed by atoms with Crippen LogP contribution >= 0.6 is 11.6 Å². The van der Waals surface area contributed by atoms with Crippen molar-refractivity contribution in [2.75, 3.05) is 7.11 Å². The number of terminal acetylenes is 1. The van der Waals surface area contributed by atoms with Gasteiger partial charge in [-0.05, 0) is 23.6 Å². The third-order valence-electron chi connectivity index (χ3n) is 2.16. The Morgan fingerprint density at radius 1 is 1.57 bits per heavy atom. The minimum atomic E-state index is 0.290. The molecule has 0 spiro atoms. The fraction of sp³-hybridized carbons (Fsp3) is 0.333. The zero-order valence-corrected chi connectivity index (χ0v) is 9.14. The molecule has 74 valence electrons. The average molecular weight is 209 g/mol. The van der Waals surface area contributed by atoms with Crippen LogP contribution in [0.3, 0.4) is 0 Å². The van der Waals surface area contributed by atoms with E-state index in [-0.39, 0.29) is 0 Å². The first-order valence-electron chi connectivity index (χ1n) is 4.46. The smallest absolute Gasteiger partial charge is 0.120 e. The van der Waals surface area contributed by atoms with E-state index in [9.17, 15) is 0 Å². The van der Waals surface area contributed by atoms with Gasteiger partial charge in [-0.2, -0.15) is 0 Å². The van der Waals surface area contributed by atoms with Crippen LogP contribution in [0.25, 0.3) is 0 Å². The maximum atomic E-state index is 6.09. The maximum Gasteiger partial charge on any atom is 0.120 e. The summed E-state index contributed by atoms with van der Waals surface area (Å²) in [5.74, 6) is 3.69. The van der Waals surface area contributed by atoms with Gasteiger partial charge in [-0.15, -0.1) is 12.3 Å². The summed E-state index contributed by atoms with van der Waals surface area (Å²) in [4.78, 5) is 0. The predicted octanol–water partition coefficient (Wildman–Crippen LogP) is 3.48. The van der Waals surface area contributed by atoms with E-state index < -0.39 is 0 Å². The van der Waals surface area contributed by atoms with Crippen molar-refractivity contribution in [3.8, 4) is 18.1 Å². The van der Waals surface area contributed by atoms with E-state index in [0.717, 1.165) is 11.3 Å².